The molecule has 7 nitrogen and oxygen atoms in total. The fraction of sp³-hybridized carbons (Fsp3) is 0.412. The van der Waals surface area contributed by atoms with Crippen molar-refractivity contribution in [1.82, 2.24) is 25.4 Å². The molecule has 0 aliphatic carbocycles. The van der Waals surface area contributed by atoms with Crippen molar-refractivity contribution in [3.8, 4) is 0 Å². The van der Waals surface area contributed by atoms with Gasteiger partial charge in [0.05, 0.1) is 23.0 Å². The van der Waals surface area contributed by atoms with Gasteiger partial charge < -0.3 is 10.2 Å². The second-order valence-corrected chi connectivity index (χ2v) is 6.36. The molecule has 0 saturated carbocycles. The lowest BCUT2D eigenvalue weighted by atomic mass is 9.94. The number of halogens is 3. The lowest BCUT2D eigenvalue weighted by Gasteiger charge is -2.19. The molecule has 144 valence electrons. The Balaban J connectivity index is 1.92. The molecule has 1 fully saturated rings. The van der Waals surface area contributed by atoms with E-state index in [9.17, 15) is 22.8 Å². The van der Waals surface area contributed by atoms with Crippen molar-refractivity contribution in [2.24, 2.45) is 5.92 Å². The molecule has 27 heavy (non-hydrogen) atoms. The average Bonchev–Trinajstić information content (AvgIpc) is 3.26. The molecule has 1 aromatic heterocycles. The highest BCUT2D eigenvalue weighted by atomic mass is 19.4. The summed E-state index contributed by atoms with van der Waals surface area (Å²) in [4.78, 5) is 30.5. The average molecular weight is 381 g/mol. The summed E-state index contributed by atoms with van der Waals surface area (Å²) in [7, 11) is 1.46. The van der Waals surface area contributed by atoms with Gasteiger partial charge in [-0.3, -0.25) is 14.7 Å². The molecule has 2 aromatic rings. The first-order valence-electron chi connectivity index (χ1n) is 8.28. The van der Waals surface area contributed by atoms with Gasteiger partial charge in [0.15, 0.2) is 5.82 Å². The molecule has 10 heteroatoms. The third kappa shape index (κ3) is 3.64. The van der Waals surface area contributed by atoms with E-state index in [0.717, 1.165) is 12.1 Å². The van der Waals surface area contributed by atoms with Crippen LogP contribution in [0.2, 0.25) is 0 Å². The standard InChI is InChI=1S/C17H18F3N5O2/c1-9-22-14(24-23-9)11-7-25(8-12(11)15(26)21-2)16(27)10-5-3-4-6-13(10)17(18,19)20/h3-6,11-12H,7-8H2,1-2H3,(H,21,26)(H,22,23,24). The van der Waals surface area contributed by atoms with E-state index in [0.29, 0.717) is 11.6 Å². The van der Waals surface area contributed by atoms with Gasteiger partial charge in [-0.15, -0.1) is 0 Å². The highest BCUT2D eigenvalue weighted by Gasteiger charge is 2.44. The number of alkyl halides is 3. The number of benzene rings is 1. The fourth-order valence-electron chi connectivity index (χ4n) is 3.30. The fourth-order valence-corrected chi connectivity index (χ4v) is 3.30. The van der Waals surface area contributed by atoms with Crippen molar-refractivity contribution in [3.05, 3.63) is 47.0 Å². The van der Waals surface area contributed by atoms with Crippen LogP contribution in [0.25, 0.3) is 0 Å². The Morgan fingerprint density at radius 1 is 1.26 bits per heavy atom. The second-order valence-electron chi connectivity index (χ2n) is 6.36. The van der Waals surface area contributed by atoms with Gasteiger partial charge in [-0.2, -0.15) is 18.3 Å². The number of hydrogen-bond acceptors (Lipinski definition) is 4. The van der Waals surface area contributed by atoms with Gasteiger partial charge >= 0.3 is 6.18 Å². The molecule has 2 amide bonds. The zero-order chi connectivity index (χ0) is 19.8. The molecular formula is C17H18F3N5O2. The summed E-state index contributed by atoms with van der Waals surface area (Å²) >= 11 is 0. The van der Waals surface area contributed by atoms with Crippen molar-refractivity contribution in [3.63, 3.8) is 0 Å². The van der Waals surface area contributed by atoms with Gasteiger partial charge in [0.25, 0.3) is 5.91 Å². The number of amides is 2. The largest absolute Gasteiger partial charge is 0.417 e. The summed E-state index contributed by atoms with van der Waals surface area (Å²) in [5, 5.41) is 9.26. The van der Waals surface area contributed by atoms with E-state index in [1.54, 1.807) is 6.92 Å². The van der Waals surface area contributed by atoms with Gasteiger partial charge in [-0.25, -0.2) is 4.98 Å². The highest BCUT2D eigenvalue weighted by molar-refractivity contribution is 5.96. The number of aromatic amines is 1. The molecule has 2 heterocycles. The molecule has 3 rings (SSSR count). The van der Waals surface area contributed by atoms with Crippen molar-refractivity contribution in [1.29, 1.82) is 0 Å². The van der Waals surface area contributed by atoms with E-state index in [1.807, 2.05) is 0 Å². The van der Waals surface area contributed by atoms with Crippen LogP contribution >= 0.6 is 0 Å². The third-order valence-electron chi connectivity index (χ3n) is 4.60. The van der Waals surface area contributed by atoms with Crippen LogP contribution in [0.3, 0.4) is 0 Å². The summed E-state index contributed by atoms with van der Waals surface area (Å²) in [6.45, 7) is 1.74. The van der Waals surface area contributed by atoms with Crippen molar-refractivity contribution in [2.75, 3.05) is 20.1 Å². The maximum atomic E-state index is 13.2. The zero-order valence-corrected chi connectivity index (χ0v) is 14.7. The molecule has 1 aromatic carbocycles. The molecule has 1 aliphatic rings. The summed E-state index contributed by atoms with van der Waals surface area (Å²) in [6, 6.07) is 4.63. The first-order chi connectivity index (χ1) is 12.7. The third-order valence-corrected chi connectivity index (χ3v) is 4.60. The second kappa shape index (κ2) is 7.01. The normalized spacial score (nSPS) is 20.0. The quantitative estimate of drug-likeness (QED) is 0.847. The lowest BCUT2D eigenvalue weighted by Crippen LogP contribution is -2.34. The van der Waals surface area contributed by atoms with E-state index >= 15 is 0 Å². The highest BCUT2D eigenvalue weighted by Crippen LogP contribution is 2.35. The monoisotopic (exact) mass is 381 g/mol. The Morgan fingerprint density at radius 2 is 1.96 bits per heavy atom. The summed E-state index contributed by atoms with van der Waals surface area (Å²) in [5.41, 5.74) is -1.43. The predicted octanol–water partition coefficient (Wildman–Crippen LogP) is 1.73. The SMILES string of the molecule is CNC(=O)C1CN(C(=O)c2ccccc2C(F)(F)F)CC1c1n[nH]c(C)n1. The molecule has 0 radical (unpaired) electrons. The summed E-state index contributed by atoms with van der Waals surface area (Å²) in [6.07, 6.45) is -4.65. The Labute approximate surface area is 153 Å². The van der Waals surface area contributed by atoms with Crippen LogP contribution < -0.4 is 5.32 Å². The molecule has 0 bridgehead atoms. The zero-order valence-electron chi connectivity index (χ0n) is 14.7. The first-order valence-corrected chi connectivity index (χ1v) is 8.28. The summed E-state index contributed by atoms with van der Waals surface area (Å²) in [5.74, 6) is -1.33. The van der Waals surface area contributed by atoms with E-state index in [-0.39, 0.29) is 19.0 Å². The van der Waals surface area contributed by atoms with E-state index in [2.05, 4.69) is 20.5 Å². The van der Waals surface area contributed by atoms with Gasteiger partial charge in [0, 0.05) is 20.1 Å². The number of nitrogens with one attached hydrogen (secondary N) is 2. The van der Waals surface area contributed by atoms with E-state index < -0.39 is 35.0 Å². The number of hydrogen-bond donors (Lipinski definition) is 2. The number of carbonyl (C=O) groups excluding carboxylic acids is 2. The lowest BCUT2D eigenvalue weighted by molar-refractivity contribution is -0.138. The molecular weight excluding hydrogens is 363 g/mol. The van der Waals surface area contributed by atoms with Gasteiger partial charge in [-0.05, 0) is 19.1 Å². The Bertz CT molecular complexity index is 864. The number of rotatable bonds is 3. The number of nitrogens with zero attached hydrogens (tertiary/aromatic N) is 3. The van der Waals surface area contributed by atoms with Gasteiger partial charge in [0.2, 0.25) is 5.91 Å². The van der Waals surface area contributed by atoms with Crippen LogP contribution in [0.4, 0.5) is 13.2 Å². The smallest absolute Gasteiger partial charge is 0.359 e. The molecule has 1 saturated heterocycles. The number of carbonyl (C=O) groups is 2. The van der Waals surface area contributed by atoms with Crippen molar-refractivity contribution in [2.45, 2.75) is 19.0 Å². The Hall–Kier alpha value is -2.91. The van der Waals surface area contributed by atoms with Crippen molar-refractivity contribution >= 4 is 11.8 Å². The van der Waals surface area contributed by atoms with Crippen LogP contribution in [0.1, 0.15) is 33.5 Å². The summed E-state index contributed by atoms with van der Waals surface area (Å²) < 4.78 is 39.7. The van der Waals surface area contributed by atoms with Crippen LogP contribution in [-0.4, -0.2) is 52.0 Å². The molecule has 0 spiro atoms. The molecule has 2 atom stereocenters. The molecule has 2 N–H and O–H groups in total. The van der Waals surface area contributed by atoms with Gasteiger partial charge in [-0.1, -0.05) is 12.1 Å². The Kier molecular flexibility index (Phi) is 4.90. The van der Waals surface area contributed by atoms with Crippen LogP contribution in [0.5, 0.6) is 0 Å². The number of H-pyrrole nitrogens is 1. The predicted molar refractivity (Wildman–Crippen MR) is 88.8 cm³/mol. The molecule has 2 unspecified atom stereocenters. The number of aromatic nitrogens is 3. The van der Waals surface area contributed by atoms with E-state index in [4.69, 9.17) is 0 Å². The van der Waals surface area contributed by atoms with Crippen LogP contribution in [0, 0.1) is 12.8 Å². The van der Waals surface area contributed by atoms with Crippen LogP contribution in [0.15, 0.2) is 24.3 Å². The minimum absolute atomic E-state index is 0.0110. The molecule has 1 aliphatic heterocycles. The Morgan fingerprint density at radius 3 is 2.56 bits per heavy atom. The number of likely N-dealkylation sites (tertiary alicyclic amines) is 1. The van der Waals surface area contributed by atoms with Crippen molar-refractivity contribution < 1.29 is 22.8 Å². The van der Waals surface area contributed by atoms with E-state index in [1.165, 1.54) is 24.1 Å². The van der Waals surface area contributed by atoms with Gasteiger partial charge in [0.1, 0.15) is 5.82 Å². The van der Waals surface area contributed by atoms with Crippen LogP contribution in [-0.2, 0) is 11.0 Å². The maximum absolute atomic E-state index is 13.2. The minimum atomic E-state index is -4.65. The topological polar surface area (TPSA) is 91.0 Å². The maximum Gasteiger partial charge on any atom is 0.417 e. The number of aryl methyl sites for hydroxylation is 1. The minimum Gasteiger partial charge on any atom is -0.359 e. The first kappa shape index (κ1) is 18.9.